The number of hydrogen-bond donors (Lipinski definition) is 0. The number of aromatic nitrogens is 1. The second-order valence-corrected chi connectivity index (χ2v) is 4.97. The van der Waals surface area contributed by atoms with Crippen molar-refractivity contribution in [3.63, 3.8) is 0 Å². The highest BCUT2D eigenvalue weighted by atomic mass is 16.6. The number of rotatable bonds is 0. The fourth-order valence-electron chi connectivity index (χ4n) is 2.78. The highest BCUT2D eigenvalue weighted by Gasteiger charge is 2.48. The third kappa shape index (κ3) is 1.27. The maximum absolute atomic E-state index is 11.8. The lowest BCUT2D eigenvalue weighted by Crippen LogP contribution is -2.32. The van der Waals surface area contributed by atoms with Crippen molar-refractivity contribution in [3.8, 4) is 0 Å². The molecule has 0 amide bonds. The standard InChI is InChI=1S/C13H15NO2/c1-9-4-6-13(7-5-9)11-10(12(15)16-13)3-2-8-14-11/h2-3,8-9H,4-7H2,1H3. The van der Waals surface area contributed by atoms with E-state index in [1.165, 1.54) is 0 Å². The maximum Gasteiger partial charge on any atom is 0.341 e. The van der Waals surface area contributed by atoms with Crippen LogP contribution in [0.5, 0.6) is 0 Å². The Morgan fingerprint density at radius 3 is 2.94 bits per heavy atom. The number of carbonyl (C=O) groups is 1. The largest absolute Gasteiger partial charge is 0.449 e. The lowest BCUT2D eigenvalue weighted by Gasteiger charge is -2.34. The number of pyridine rings is 1. The molecule has 0 bridgehead atoms. The van der Waals surface area contributed by atoms with Gasteiger partial charge in [0.2, 0.25) is 0 Å². The van der Waals surface area contributed by atoms with Crippen molar-refractivity contribution >= 4 is 5.97 Å². The van der Waals surface area contributed by atoms with E-state index in [1.807, 2.05) is 6.07 Å². The Bertz CT molecular complexity index is 433. The highest BCUT2D eigenvalue weighted by Crippen LogP contribution is 2.46. The molecule has 0 N–H and O–H groups in total. The molecule has 1 aliphatic heterocycles. The van der Waals surface area contributed by atoms with Crippen molar-refractivity contribution in [1.82, 2.24) is 4.98 Å². The van der Waals surface area contributed by atoms with Gasteiger partial charge in [0, 0.05) is 6.20 Å². The lowest BCUT2D eigenvalue weighted by atomic mass is 9.77. The molecular weight excluding hydrogens is 202 g/mol. The van der Waals surface area contributed by atoms with Gasteiger partial charge in [-0.05, 0) is 43.7 Å². The summed E-state index contributed by atoms with van der Waals surface area (Å²) in [5, 5.41) is 0. The molecule has 1 aliphatic carbocycles. The van der Waals surface area contributed by atoms with Gasteiger partial charge in [-0.3, -0.25) is 4.98 Å². The molecule has 2 heterocycles. The van der Waals surface area contributed by atoms with Crippen LogP contribution in [0.1, 0.15) is 48.7 Å². The van der Waals surface area contributed by atoms with E-state index < -0.39 is 5.60 Å². The van der Waals surface area contributed by atoms with Crippen LogP contribution in [0.2, 0.25) is 0 Å². The second kappa shape index (κ2) is 3.30. The number of nitrogens with zero attached hydrogens (tertiary/aromatic N) is 1. The summed E-state index contributed by atoms with van der Waals surface area (Å²) in [5.74, 6) is 0.537. The highest BCUT2D eigenvalue weighted by molar-refractivity contribution is 5.94. The second-order valence-electron chi connectivity index (χ2n) is 4.97. The van der Waals surface area contributed by atoms with Gasteiger partial charge in [-0.25, -0.2) is 4.79 Å². The van der Waals surface area contributed by atoms with Crippen LogP contribution in [-0.4, -0.2) is 11.0 Å². The van der Waals surface area contributed by atoms with Crippen molar-refractivity contribution in [3.05, 3.63) is 29.6 Å². The molecule has 2 aliphatic rings. The zero-order valence-electron chi connectivity index (χ0n) is 9.40. The first-order valence-electron chi connectivity index (χ1n) is 5.90. The molecule has 3 rings (SSSR count). The summed E-state index contributed by atoms with van der Waals surface area (Å²) in [7, 11) is 0. The van der Waals surface area contributed by atoms with Gasteiger partial charge in [-0.1, -0.05) is 6.92 Å². The van der Waals surface area contributed by atoms with E-state index in [2.05, 4.69) is 11.9 Å². The van der Waals surface area contributed by atoms with Crippen LogP contribution in [-0.2, 0) is 10.3 Å². The first-order chi connectivity index (χ1) is 7.71. The van der Waals surface area contributed by atoms with E-state index in [-0.39, 0.29) is 5.97 Å². The van der Waals surface area contributed by atoms with Crippen LogP contribution in [0.3, 0.4) is 0 Å². The van der Waals surface area contributed by atoms with Gasteiger partial charge >= 0.3 is 5.97 Å². The quantitative estimate of drug-likeness (QED) is 0.627. The Morgan fingerprint density at radius 2 is 2.19 bits per heavy atom. The van der Waals surface area contributed by atoms with Gasteiger partial charge in [0.05, 0.1) is 11.3 Å². The van der Waals surface area contributed by atoms with Gasteiger partial charge in [-0.2, -0.15) is 0 Å². The summed E-state index contributed by atoms with van der Waals surface area (Å²) in [5.41, 5.74) is 1.13. The third-order valence-corrected chi connectivity index (χ3v) is 3.83. The fraction of sp³-hybridized carbons (Fsp3) is 0.538. The zero-order valence-corrected chi connectivity index (χ0v) is 9.40. The van der Waals surface area contributed by atoms with Crippen LogP contribution >= 0.6 is 0 Å². The Hall–Kier alpha value is -1.38. The number of esters is 1. The van der Waals surface area contributed by atoms with Crippen LogP contribution in [0.25, 0.3) is 0 Å². The zero-order chi connectivity index (χ0) is 11.2. The van der Waals surface area contributed by atoms with Crippen molar-refractivity contribution in [1.29, 1.82) is 0 Å². The minimum atomic E-state index is -0.403. The van der Waals surface area contributed by atoms with Crippen LogP contribution in [0, 0.1) is 5.92 Å². The van der Waals surface area contributed by atoms with Crippen LogP contribution in [0.15, 0.2) is 18.3 Å². The van der Waals surface area contributed by atoms with E-state index in [0.29, 0.717) is 5.56 Å². The Morgan fingerprint density at radius 1 is 1.44 bits per heavy atom. The topological polar surface area (TPSA) is 39.2 Å². The summed E-state index contributed by atoms with van der Waals surface area (Å²) in [4.78, 5) is 16.1. The van der Waals surface area contributed by atoms with Gasteiger partial charge < -0.3 is 4.74 Å². The molecule has 1 fully saturated rings. The molecule has 0 saturated heterocycles. The molecule has 0 unspecified atom stereocenters. The predicted molar refractivity (Wildman–Crippen MR) is 59.0 cm³/mol. The summed E-state index contributed by atoms with van der Waals surface area (Å²) < 4.78 is 5.61. The van der Waals surface area contributed by atoms with Crippen LogP contribution in [0.4, 0.5) is 0 Å². The lowest BCUT2D eigenvalue weighted by molar-refractivity contribution is -0.0366. The maximum atomic E-state index is 11.8. The Kier molecular flexibility index (Phi) is 2.03. The molecule has 1 aromatic heterocycles. The molecule has 3 heteroatoms. The first kappa shape index (κ1) is 9.82. The molecule has 1 saturated carbocycles. The van der Waals surface area contributed by atoms with E-state index in [4.69, 9.17) is 4.74 Å². The summed E-state index contributed by atoms with van der Waals surface area (Å²) >= 11 is 0. The van der Waals surface area contributed by atoms with Gasteiger partial charge in [0.1, 0.15) is 0 Å². The monoisotopic (exact) mass is 217 g/mol. The minimum Gasteiger partial charge on any atom is -0.449 e. The van der Waals surface area contributed by atoms with E-state index in [1.54, 1.807) is 12.3 Å². The molecule has 0 radical (unpaired) electrons. The number of hydrogen-bond acceptors (Lipinski definition) is 3. The number of carbonyl (C=O) groups excluding carboxylic acids is 1. The van der Waals surface area contributed by atoms with Crippen molar-refractivity contribution < 1.29 is 9.53 Å². The molecular formula is C13H15NO2. The van der Waals surface area contributed by atoms with E-state index in [9.17, 15) is 4.79 Å². The van der Waals surface area contributed by atoms with E-state index >= 15 is 0 Å². The van der Waals surface area contributed by atoms with Crippen LogP contribution < -0.4 is 0 Å². The van der Waals surface area contributed by atoms with Gasteiger partial charge in [0.25, 0.3) is 0 Å². The van der Waals surface area contributed by atoms with E-state index in [0.717, 1.165) is 37.3 Å². The van der Waals surface area contributed by atoms with Crippen molar-refractivity contribution in [2.45, 2.75) is 38.2 Å². The summed E-state index contributed by atoms with van der Waals surface area (Å²) in [6, 6.07) is 3.61. The molecule has 16 heavy (non-hydrogen) atoms. The van der Waals surface area contributed by atoms with Gasteiger partial charge in [-0.15, -0.1) is 0 Å². The Balaban J connectivity index is 2.02. The molecule has 84 valence electrons. The molecule has 1 spiro atoms. The average molecular weight is 217 g/mol. The molecule has 0 aromatic carbocycles. The van der Waals surface area contributed by atoms with Crippen molar-refractivity contribution in [2.24, 2.45) is 5.92 Å². The van der Waals surface area contributed by atoms with Gasteiger partial charge in [0.15, 0.2) is 5.60 Å². The molecule has 3 nitrogen and oxygen atoms in total. The predicted octanol–water partition coefficient (Wildman–Crippen LogP) is 2.66. The number of ether oxygens (including phenoxy) is 1. The third-order valence-electron chi connectivity index (χ3n) is 3.83. The smallest absolute Gasteiger partial charge is 0.341 e. The molecule has 0 atom stereocenters. The summed E-state index contributed by atoms with van der Waals surface area (Å²) in [6.07, 6.45) is 5.82. The Labute approximate surface area is 94.8 Å². The summed E-state index contributed by atoms with van der Waals surface area (Å²) in [6.45, 7) is 2.25. The molecule has 1 aromatic rings. The average Bonchev–Trinajstić information content (AvgIpc) is 2.58. The normalized spacial score (nSPS) is 32.6. The number of fused-ring (bicyclic) bond motifs is 2. The first-order valence-corrected chi connectivity index (χ1v) is 5.90. The van der Waals surface area contributed by atoms with Crippen molar-refractivity contribution in [2.75, 3.05) is 0 Å². The minimum absolute atomic E-state index is 0.197. The SMILES string of the molecule is CC1CCC2(CC1)OC(=O)c1cccnc12. The fourth-order valence-corrected chi connectivity index (χ4v) is 2.78.